The smallest absolute Gasteiger partial charge is 0.253 e. The van der Waals surface area contributed by atoms with E-state index in [-0.39, 0.29) is 5.91 Å². The lowest BCUT2D eigenvalue weighted by molar-refractivity contribution is 0.0459. The minimum atomic E-state index is -0.549. The molecule has 4 heterocycles. The van der Waals surface area contributed by atoms with E-state index in [0.29, 0.717) is 31.0 Å². The second kappa shape index (κ2) is 7.67. The number of benzene rings is 1. The molecule has 1 saturated heterocycles. The number of rotatable bonds is 4. The zero-order valence-electron chi connectivity index (χ0n) is 18.7. The lowest BCUT2D eigenvalue weighted by Gasteiger charge is -2.34. The zero-order chi connectivity index (χ0) is 22.7. The van der Waals surface area contributed by atoms with Gasteiger partial charge in [0.25, 0.3) is 5.91 Å². The normalized spacial score (nSPS) is 21.2. The zero-order valence-corrected chi connectivity index (χ0v) is 18.7. The summed E-state index contributed by atoms with van der Waals surface area (Å²) < 4.78 is 4.38. The number of carbonyl (C=O) groups is 1. The van der Waals surface area contributed by atoms with Crippen LogP contribution in [-0.2, 0) is 13.6 Å². The topological polar surface area (TPSA) is 102 Å². The van der Waals surface area contributed by atoms with Gasteiger partial charge >= 0.3 is 0 Å². The van der Waals surface area contributed by atoms with Crippen molar-refractivity contribution >= 4 is 28.0 Å². The number of aromatic nitrogens is 4. The van der Waals surface area contributed by atoms with Gasteiger partial charge in [-0.2, -0.15) is 0 Å². The number of nitrogens with zero attached hydrogens (tertiary/aromatic N) is 5. The van der Waals surface area contributed by atoms with E-state index in [1.54, 1.807) is 4.90 Å². The van der Waals surface area contributed by atoms with E-state index in [0.717, 1.165) is 40.1 Å². The number of amides is 1. The van der Waals surface area contributed by atoms with Gasteiger partial charge in [-0.25, -0.2) is 9.97 Å². The largest absolute Gasteiger partial charge is 0.391 e. The summed E-state index contributed by atoms with van der Waals surface area (Å²) >= 11 is 0. The monoisotopic (exact) mass is 444 g/mol. The van der Waals surface area contributed by atoms with Crippen LogP contribution in [0.3, 0.4) is 0 Å². The lowest BCUT2D eigenvalue weighted by Crippen LogP contribution is -2.53. The van der Waals surface area contributed by atoms with Crippen LogP contribution in [0.1, 0.15) is 29.6 Å². The molecule has 0 spiro atoms. The highest BCUT2D eigenvalue weighted by Crippen LogP contribution is 2.36. The highest BCUT2D eigenvalue weighted by Gasteiger charge is 2.29. The van der Waals surface area contributed by atoms with Crippen molar-refractivity contribution in [3.8, 4) is 11.5 Å². The summed E-state index contributed by atoms with van der Waals surface area (Å²) in [6, 6.07) is 11.5. The number of piperidine rings is 1. The Kier molecular flexibility index (Phi) is 4.74. The molecule has 170 valence electrons. The Balaban J connectivity index is 1.39. The van der Waals surface area contributed by atoms with Crippen LogP contribution in [0, 0.1) is 5.92 Å². The van der Waals surface area contributed by atoms with Crippen molar-refractivity contribution in [2.24, 2.45) is 18.7 Å². The summed E-state index contributed by atoms with van der Waals surface area (Å²) in [6.07, 6.45) is 4.32. The second-order valence-corrected chi connectivity index (χ2v) is 9.47. The number of hydrogen-bond donors (Lipinski definition) is 2. The van der Waals surface area contributed by atoms with Crippen LogP contribution in [0.5, 0.6) is 0 Å². The molecule has 1 aliphatic carbocycles. The molecule has 2 atom stereocenters. The fourth-order valence-electron chi connectivity index (χ4n) is 4.91. The summed E-state index contributed by atoms with van der Waals surface area (Å²) in [7, 11) is 2.02. The molecule has 33 heavy (non-hydrogen) atoms. The first kappa shape index (κ1) is 20.4. The summed E-state index contributed by atoms with van der Waals surface area (Å²) in [5.41, 5.74) is 10.4. The van der Waals surface area contributed by atoms with Crippen molar-refractivity contribution in [1.29, 1.82) is 0 Å². The number of aliphatic hydroxyl groups excluding tert-OH is 1. The van der Waals surface area contributed by atoms with Crippen LogP contribution in [0.15, 0.2) is 42.6 Å². The van der Waals surface area contributed by atoms with E-state index in [1.807, 2.05) is 37.5 Å². The number of nitrogens with two attached hydrogens (primary N) is 1. The average molecular weight is 445 g/mol. The summed E-state index contributed by atoms with van der Waals surface area (Å²) in [5.74, 6) is 1.50. The molecule has 1 aromatic carbocycles. The van der Waals surface area contributed by atoms with E-state index in [1.165, 1.54) is 12.8 Å². The van der Waals surface area contributed by atoms with E-state index < -0.39 is 12.1 Å². The third kappa shape index (κ3) is 3.50. The molecule has 2 aliphatic rings. The molecule has 6 rings (SSSR count). The van der Waals surface area contributed by atoms with Crippen molar-refractivity contribution in [3.63, 3.8) is 0 Å². The van der Waals surface area contributed by atoms with Crippen LogP contribution in [-0.4, -0.2) is 60.3 Å². The van der Waals surface area contributed by atoms with Crippen molar-refractivity contribution in [2.45, 2.75) is 38.0 Å². The van der Waals surface area contributed by atoms with Gasteiger partial charge in [0.1, 0.15) is 5.65 Å². The maximum Gasteiger partial charge on any atom is 0.253 e. The molecule has 1 aliphatic heterocycles. The molecule has 0 bridgehead atoms. The molecule has 4 aromatic rings. The van der Waals surface area contributed by atoms with Gasteiger partial charge in [-0.3, -0.25) is 4.79 Å². The third-order valence-electron chi connectivity index (χ3n) is 7.06. The molecule has 8 nitrogen and oxygen atoms in total. The molecule has 3 N–H and O–H groups in total. The first-order chi connectivity index (χ1) is 16.0. The summed E-state index contributed by atoms with van der Waals surface area (Å²) in [5, 5.41) is 11.0. The fourth-order valence-corrected chi connectivity index (χ4v) is 4.91. The molecular formula is C25H28N6O2. The Morgan fingerprint density at radius 3 is 2.85 bits per heavy atom. The maximum absolute atomic E-state index is 13.1. The molecule has 0 unspecified atom stereocenters. The number of likely N-dealkylation sites (tertiary alicyclic amines) is 1. The minimum Gasteiger partial charge on any atom is -0.391 e. The Morgan fingerprint density at radius 2 is 2.06 bits per heavy atom. The van der Waals surface area contributed by atoms with Gasteiger partial charge in [-0.1, -0.05) is 0 Å². The van der Waals surface area contributed by atoms with Crippen LogP contribution in [0.4, 0.5) is 0 Å². The van der Waals surface area contributed by atoms with Gasteiger partial charge in [-0.05, 0) is 61.6 Å². The molecular weight excluding hydrogens is 416 g/mol. The van der Waals surface area contributed by atoms with E-state index >= 15 is 0 Å². The fraction of sp³-hybridized carbons (Fsp3) is 0.400. The van der Waals surface area contributed by atoms with Crippen molar-refractivity contribution in [1.82, 2.24) is 24.0 Å². The lowest BCUT2D eigenvalue weighted by atomic mass is 10.0. The van der Waals surface area contributed by atoms with E-state index in [9.17, 15) is 9.90 Å². The first-order valence-corrected chi connectivity index (χ1v) is 11.6. The molecule has 8 heteroatoms. The Labute approximate surface area is 191 Å². The maximum atomic E-state index is 13.1. The number of imidazole rings is 1. The minimum absolute atomic E-state index is 0.0708. The predicted molar refractivity (Wildman–Crippen MR) is 127 cm³/mol. The van der Waals surface area contributed by atoms with Crippen LogP contribution in [0.2, 0.25) is 0 Å². The Morgan fingerprint density at radius 1 is 1.21 bits per heavy atom. The first-order valence-electron chi connectivity index (χ1n) is 11.6. The highest BCUT2D eigenvalue weighted by molar-refractivity contribution is 5.98. The molecule has 1 amide bonds. The van der Waals surface area contributed by atoms with Crippen LogP contribution < -0.4 is 5.73 Å². The molecule has 0 radical (unpaired) electrons. The van der Waals surface area contributed by atoms with Crippen LogP contribution >= 0.6 is 0 Å². The molecule has 2 fully saturated rings. The molecule has 3 aromatic heterocycles. The van der Waals surface area contributed by atoms with Gasteiger partial charge in [0.2, 0.25) is 0 Å². The Hall–Kier alpha value is -3.23. The van der Waals surface area contributed by atoms with Gasteiger partial charge < -0.3 is 24.9 Å². The summed E-state index contributed by atoms with van der Waals surface area (Å²) in [6.45, 7) is 1.82. The van der Waals surface area contributed by atoms with Gasteiger partial charge in [0, 0.05) is 49.9 Å². The third-order valence-corrected chi connectivity index (χ3v) is 7.06. The van der Waals surface area contributed by atoms with Gasteiger partial charge in [0.15, 0.2) is 5.82 Å². The highest BCUT2D eigenvalue weighted by atomic mass is 16.3. The van der Waals surface area contributed by atoms with Gasteiger partial charge in [0.05, 0.1) is 22.8 Å². The number of aliphatic hydroxyl groups is 1. The number of fused-ring (bicyclic) bond motifs is 2. The predicted octanol–water partition coefficient (Wildman–Crippen LogP) is 2.53. The number of hydrogen-bond acceptors (Lipinski definition) is 5. The summed E-state index contributed by atoms with van der Waals surface area (Å²) in [4.78, 5) is 24.4. The SMILES string of the molecule is Cn1c(-c2cc3cccnc3n2CC2CC2)nc2cc(C(=O)N3CC[C@@H](O)[C@H](N)C3)ccc21. The van der Waals surface area contributed by atoms with Crippen molar-refractivity contribution in [3.05, 3.63) is 48.2 Å². The second-order valence-electron chi connectivity index (χ2n) is 9.47. The van der Waals surface area contributed by atoms with Crippen LogP contribution in [0.25, 0.3) is 33.6 Å². The number of aryl methyl sites for hydroxylation is 1. The number of carbonyl (C=O) groups excluding carboxylic acids is 1. The Bertz CT molecular complexity index is 1370. The number of pyridine rings is 1. The van der Waals surface area contributed by atoms with E-state index in [4.69, 9.17) is 10.7 Å². The average Bonchev–Trinajstić information content (AvgIpc) is 3.49. The molecule has 1 saturated carbocycles. The van der Waals surface area contributed by atoms with E-state index in [2.05, 4.69) is 26.3 Å². The quantitative estimate of drug-likeness (QED) is 0.504. The van der Waals surface area contributed by atoms with Crippen molar-refractivity contribution in [2.75, 3.05) is 13.1 Å². The van der Waals surface area contributed by atoms with Gasteiger partial charge in [-0.15, -0.1) is 0 Å². The standard InChI is InChI=1S/C25H28N6O2/c1-29-20-7-6-17(25(33)30-10-8-22(32)18(26)14-30)11-19(20)28-24(29)21-12-16-3-2-9-27-23(16)31(21)13-15-4-5-15/h2-3,6-7,9,11-12,15,18,22,32H,4-5,8,10,13-14,26H2,1H3/t18-,22-/m1/s1. The van der Waals surface area contributed by atoms with Crippen molar-refractivity contribution < 1.29 is 9.90 Å².